The number of halogens is 1. The van der Waals surface area contributed by atoms with Crippen molar-refractivity contribution in [1.82, 2.24) is 0 Å². The minimum atomic E-state index is -2.88. The van der Waals surface area contributed by atoms with Crippen molar-refractivity contribution in [2.45, 2.75) is 57.0 Å². The van der Waals surface area contributed by atoms with E-state index in [9.17, 15) is 14.0 Å². The van der Waals surface area contributed by atoms with Crippen LogP contribution in [0.15, 0.2) is 48.5 Å². The molecular formula is C24H33FN2O3Si. The average molecular weight is 445 g/mol. The maximum absolute atomic E-state index is 14.9. The Balaban J connectivity index is 1.56. The van der Waals surface area contributed by atoms with E-state index in [1.54, 1.807) is 37.4 Å². The number of aliphatic hydroxyl groups excluding tert-OH is 1. The molecule has 0 aromatic heterocycles. The van der Waals surface area contributed by atoms with Crippen LogP contribution in [-0.4, -0.2) is 38.2 Å². The normalized spacial score (nSPS) is 23.6. The summed E-state index contributed by atoms with van der Waals surface area (Å²) in [5.74, 6) is -0.0402. The molecule has 7 heteroatoms. The fraction of sp³-hybridized carbons (Fsp3) is 0.458. The summed E-state index contributed by atoms with van der Waals surface area (Å²) in [4.78, 5) is 12.3. The molecule has 5 nitrogen and oxygen atoms in total. The fourth-order valence-corrected chi connectivity index (χ4v) is 7.27. The number of hydrogen-bond acceptors (Lipinski definition) is 4. The zero-order valence-electron chi connectivity index (χ0n) is 18.5. The summed E-state index contributed by atoms with van der Waals surface area (Å²) in [7, 11) is -2.88. The minimum Gasteiger partial charge on any atom is -0.399 e. The van der Waals surface area contributed by atoms with Crippen LogP contribution >= 0.6 is 0 Å². The zero-order valence-corrected chi connectivity index (χ0v) is 19.5. The van der Waals surface area contributed by atoms with Crippen LogP contribution in [-0.2, 0) is 11.2 Å². The van der Waals surface area contributed by atoms with Crippen molar-refractivity contribution in [2.24, 2.45) is 5.92 Å². The largest absolute Gasteiger partial charge is 0.399 e. The molecule has 1 fully saturated rings. The number of ether oxygens (including phenoxy) is 1. The standard InChI is InChI=1S/C24H33FN2O3Si/c1-16-21(30-22(14-15-28)23(16)31(2,3)25)13-6-17-4-11-20(12-5-17)27-24(29)18-7-9-19(26)10-8-18/h4-5,7-12,16,21-23,28H,6,13-15,26H2,1-3H3,(H,27,29)/t16-,21+,22-,23+/m1/s1. The first kappa shape index (κ1) is 23.4. The number of benzene rings is 2. The van der Waals surface area contributed by atoms with E-state index in [0.29, 0.717) is 17.7 Å². The van der Waals surface area contributed by atoms with Crippen LogP contribution in [0.1, 0.15) is 35.7 Å². The Kier molecular flexibility index (Phi) is 7.51. The molecule has 168 valence electrons. The highest BCUT2D eigenvalue weighted by Crippen LogP contribution is 2.46. The lowest BCUT2D eigenvalue weighted by molar-refractivity contribution is 0.0193. The molecule has 2 aromatic rings. The number of nitrogen functional groups attached to an aromatic ring is 1. The zero-order chi connectivity index (χ0) is 22.6. The molecule has 3 rings (SSSR count). The van der Waals surface area contributed by atoms with E-state index >= 15 is 0 Å². The lowest BCUT2D eigenvalue weighted by Gasteiger charge is -2.28. The van der Waals surface area contributed by atoms with Gasteiger partial charge < -0.3 is 25.0 Å². The second kappa shape index (κ2) is 9.93. The quantitative estimate of drug-likeness (QED) is 0.311. The topological polar surface area (TPSA) is 84.6 Å². The number of nitrogens with one attached hydrogen (secondary N) is 1. The third-order valence-electron chi connectivity index (χ3n) is 6.21. The van der Waals surface area contributed by atoms with Gasteiger partial charge in [0.05, 0.1) is 12.2 Å². The Morgan fingerprint density at radius 3 is 2.32 bits per heavy atom. The van der Waals surface area contributed by atoms with Gasteiger partial charge in [-0.3, -0.25) is 4.79 Å². The van der Waals surface area contributed by atoms with Gasteiger partial charge in [-0.2, -0.15) is 0 Å². The van der Waals surface area contributed by atoms with Crippen LogP contribution in [0.3, 0.4) is 0 Å². The molecule has 1 amide bonds. The first-order valence-corrected chi connectivity index (χ1v) is 13.9. The van der Waals surface area contributed by atoms with Crippen LogP contribution in [0.25, 0.3) is 0 Å². The van der Waals surface area contributed by atoms with Gasteiger partial charge in [0.15, 0.2) is 0 Å². The second-order valence-electron chi connectivity index (χ2n) is 8.99. The van der Waals surface area contributed by atoms with Gasteiger partial charge >= 0.3 is 0 Å². The molecule has 0 radical (unpaired) electrons. The Labute approximate surface area is 185 Å². The summed E-state index contributed by atoms with van der Waals surface area (Å²) in [6.45, 7) is 5.58. The molecule has 1 saturated heterocycles. The van der Waals surface area contributed by atoms with E-state index in [0.717, 1.165) is 24.1 Å². The smallest absolute Gasteiger partial charge is 0.255 e. The van der Waals surface area contributed by atoms with E-state index in [4.69, 9.17) is 10.5 Å². The van der Waals surface area contributed by atoms with E-state index in [2.05, 4.69) is 12.2 Å². The van der Waals surface area contributed by atoms with Gasteiger partial charge in [0.2, 0.25) is 8.41 Å². The number of amides is 1. The van der Waals surface area contributed by atoms with Crippen LogP contribution in [0, 0.1) is 5.92 Å². The van der Waals surface area contributed by atoms with E-state index < -0.39 is 8.41 Å². The third kappa shape index (κ3) is 5.93. The molecule has 31 heavy (non-hydrogen) atoms. The molecule has 0 spiro atoms. The van der Waals surface area contributed by atoms with Crippen molar-refractivity contribution < 1.29 is 18.7 Å². The predicted molar refractivity (Wildman–Crippen MR) is 125 cm³/mol. The number of carbonyl (C=O) groups excluding carboxylic acids is 1. The molecule has 4 atom stereocenters. The molecule has 1 aliphatic rings. The maximum Gasteiger partial charge on any atom is 0.255 e. The number of hydrogen-bond donors (Lipinski definition) is 3. The van der Waals surface area contributed by atoms with E-state index in [-0.39, 0.29) is 36.2 Å². The maximum atomic E-state index is 14.9. The first-order chi connectivity index (χ1) is 14.7. The highest BCUT2D eigenvalue weighted by atomic mass is 28.4. The number of carbonyl (C=O) groups is 1. The third-order valence-corrected chi connectivity index (χ3v) is 8.69. The monoisotopic (exact) mass is 444 g/mol. The number of rotatable bonds is 8. The van der Waals surface area contributed by atoms with Crippen LogP contribution in [0.5, 0.6) is 0 Å². The van der Waals surface area contributed by atoms with Crippen LogP contribution in [0.2, 0.25) is 18.6 Å². The number of aryl methyl sites for hydroxylation is 1. The molecule has 0 aliphatic carbocycles. The van der Waals surface area contributed by atoms with E-state index in [1.165, 1.54) is 0 Å². The lowest BCUT2D eigenvalue weighted by Crippen LogP contribution is -2.36. The molecule has 1 heterocycles. The highest BCUT2D eigenvalue weighted by Gasteiger charge is 2.50. The van der Waals surface area contributed by atoms with Gasteiger partial charge in [-0.1, -0.05) is 19.1 Å². The van der Waals surface area contributed by atoms with Crippen LogP contribution in [0.4, 0.5) is 15.5 Å². The molecule has 0 unspecified atom stereocenters. The molecular weight excluding hydrogens is 411 g/mol. The van der Waals surface area contributed by atoms with Crippen molar-refractivity contribution in [3.8, 4) is 0 Å². The molecule has 2 aromatic carbocycles. The van der Waals surface area contributed by atoms with Crippen molar-refractivity contribution >= 4 is 25.7 Å². The van der Waals surface area contributed by atoms with Gasteiger partial charge in [-0.25, -0.2) is 0 Å². The Morgan fingerprint density at radius 1 is 1.10 bits per heavy atom. The predicted octanol–water partition coefficient (Wildman–Crippen LogP) is 4.78. The minimum absolute atomic E-state index is 0.00558. The van der Waals surface area contributed by atoms with E-state index in [1.807, 2.05) is 24.3 Å². The summed E-state index contributed by atoms with van der Waals surface area (Å²) in [6.07, 6.45) is 1.92. The molecule has 0 bridgehead atoms. The molecule has 0 saturated carbocycles. The van der Waals surface area contributed by atoms with Gasteiger partial charge in [0, 0.05) is 29.1 Å². The number of nitrogens with two attached hydrogens (primary N) is 1. The van der Waals surface area contributed by atoms with Crippen molar-refractivity contribution in [2.75, 3.05) is 17.7 Å². The highest BCUT2D eigenvalue weighted by molar-refractivity contribution is 6.72. The summed E-state index contributed by atoms with van der Waals surface area (Å²) >= 11 is 0. The fourth-order valence-electron chi connectivity index (χ4n) is 4.68. The first-order valence-electron chi connectivity index (χ1n) is 10.9. The second-order valence-corrected chi connectivity index (χ2v) is 12.8. The lowest BCUT2D eigenvalue weighted by atomic mass is 9.95. The van der Waals surface area contributed by atoms with Crippen LogP contribution < -0.4 is 11.1 Å². The van der Waals surface area contributed by atoms with Gasteiger partial charge in [0.1, 0.15) is 0 Å². The SMILES string of the molecule is C[C@H]1[C@H]([Si](C)(C)F)[C@@H](CCO)O[C@H]1CCc1ccc(NC(=O)c2ccc(N)cc2)cc1. The average Bonchev–Trinajstić information content (AvgIpc) is 3.03. The Hall–Kier alpha value is -2.22. The van der Waals surface area contributed by atoms with Gasteiger partial charge in [0.25, 0.3) is 5.91 Å². The summed E-state index contributed by atoms with van der Waals surface area (Å²) in [5, 5.41) is 12.2. The van der Waals surface area contributed by atoms with Crippen molar-refractivity contribution in [3.63, 3.8) is 0 Å². The molecule has 4 N–H and O–H groups in total. The number of aliphatic hydroxyl groups is 1. The number of anilines is 2. The van der Waals surface area contributed by atoms with Crippen molar-refractivity contribution in [3.05, 3.63) is 59.7 Å². The Bertz CT molecular complexity index is 868. The Morgan fingerprint density at radius 2 is 1.74 bits per heavy atom. The van der Waals surface area contributed by atoms with Gasteiger partial charge in [-0.05, 0) is 80.2 Å². The summed E-state index contributed by atoms with van der Waals surface area (Å²) in [5.41, 5.74) is 8.61. The molecule has 1 aliphatic heterocycles. The van der Waals surface area contributed by atoms with Gasteiger partial charge in [-0.15, -0.1) is 0 Å². The summed E-state index contributed by atoms with van der Waals surface area (Å²) < 4.78 is 21.1. The van der Waals surface area contributed by atoms with Crippen molar-refractivity contribution in [1.29, 1.82) is 0 Å². The summed E-state index contributed by atoms with van der Waals surface area (Å²) in [6, 6.07) is 14.6.